The Morgan fingerprint density at radius 1 is 1.43 bits per heavy atom. The lowest BCUT2D eigenvalue weighted by atomic mass is 10.0. The van der Waals surface area contributed by atoms with E-state index in [1.54, 1.807) is 7.11 Å². The molecule has 0 aliphatic heterocycles. The van der Waals surface area contributed by atoms with Crippen LogP contribution in [0.1, 0.15) is 24.0 Å². The first kappa shape index (κ1) is 9.99. The predicted octanol–water partition coefficient (Wildman–Crippen LogP) is 2.75. The number of methoxy groups -OCH3 is 1. The highest BCUT2D eigenvalue weighted by atomic mass is 79.9. The molecule has 0 bridgehead atoms. The molecule has 0 amide bonds. The van der Waals surface area contributed by atoms with Crippen molar-refractivity contribution in [3.63, 3.8) is 0 Å². The number of aryl methyl sites for hydroxylation is 1. The molecule has 0 heterocycles. The Morgan fingerprint density at radius 3 is 2.57 bits per heavy atom. The van der Waals surface area contributed by atoms with E-state index in [1.807, 2.05) is 19.1 Å². The lowest BCUT2D eigenvalue weighted by Crippen LogP contribution is -2.07. The fourth-order valence-electron chi connectivity index (χ4n) is 1.67. The summed E-state index contributed by atoms with van der Waals surface area (Å²) in [6.07, 6.45) is 1.67. The van der Waals surface area contributed by atoms with Gasteiger partial charge in [-0.25, -0.2) is 0 Å². The van der Waals surface area contributed by atoms with E-state index >= 15 is 0 Å². The monoisotopic (exact) mass is 256 g/mol. The molecule has 1 aromatic rings. The number of ether oxygens (including phenoxy) is 1. The van der Waals surface area contributed by atoms with Crippen LogP contribution in [0.4, 0.5) is 0 Å². The summed E-state index contributed by atoms with van der Waals surface area (Å²) in [6, 6.07) is 3.99. The predicted molar refractivity (Wildman–Crippen MR) is 58.6 cm³/mol. The van der Waals surface area contributed by atoms with Gasteiger partial charge in [-0.3, -0.25) is 0 Å². The first-order valence-corrected chi connectivity index (χ1v) is 5.43. The maximum atomic E-state index is 10.1. The van der Waals surface area contributed by atoms with E-state index in [-0.39, 0.29) is 0 Å². The molecule has 0 spiro atoms. The second-order valence-electron chi connectivity index (χ2n) is 3.86. The molecule has 0 unspecified atom stereocenters. The minimum atomic E-state index is -0.639. The molecule has 0 aromatic heterocycles. The van der Waals surface area contributed by atoms with Crippen LogP contribution in [0.3, 0.4) is 0 Å². The van der Waals surface area contributed by atoms with Crippen molar-refractivity contribution in [3.8, 4) is 5.75 Å². The van der Waals surface area contributed by atoms with Crippen molar-refractivity contribution < 1.29 is 9.84 Å². The molecule has 0 radical (unpaired) electrons. The molecular formula is C11H13BrO2. The number of hydrogen-bond acceptors (Lipinski definition) is 2. The van der Waals surface area contributed by atoms with Gasteiger partial charge in [0.25, 0.3) is 0 Å². The van der Waals surface area contributed by atoms with Gasteiger partial charge < -0.3 is 9.84 Å². The van der Waals surface area contributed by atoms with Gasteiger partial charge in [0.1, 0.15) is 5.75 Å². The highest BCUT2D eigenvalue weighted by Gasteiger charge is 2.44. The Labute approximate surface area is 92.0 Å². The maximum absolute atomic E-state index is 10.1. The number of benzene rings is 1. The fourth-order valence-corrected chi connectivity index (χ4v) is 2.41. The van der Waals surface area contributed by atoms with E-state index in [2.05, 4.69) is 15.9 Å². The molecule has 14 heavy (non-hydrogen) atoms. The molecule has 2 rings (SSSR count). The Bertz CT molecular complexity index is 370. The zero-order valence-corrected chi connectivity index (χ0v) is 9.89. The largest absolute Gasteiger partial charge is 0.495 e. The third-order valence-electron chi connectivity index (χ3n) is 2.62. The summed E-state index contributed by atoms with van der Waals surface area (Å²) >= 11 is 3.44. The zero-order valence-electron chi connectivity index (χ0n) is 8.30. The van der Waals surface area contributed by atoms with Gasteiger partial charge >= 0.3 is 0 Å². The Hall–Kier alpha value is -0.540. The quantitative estimate of drug-likeness (QED) is 0.882. The number of aliphatic hydroxyl groups is 1. The van der Waals surface area contributed by atoms with Crippen molar-refractivity contribution in [1.82, 2.24) is 0 Å². The molecule has 76 valence electrons. The lowest BCUT2D eigenvalue weighted by molar-refractivity contribution is 0.147. The van der Waals surface area contributed by atoms with Crippen LogP contribution in [0.5, 0.6) is 5.75 Å². The van der Waals surface area contributed by atoms with Crippen molar-refractivity contribution in [3.05, 3.63) is 27.7 Å². The summed E-state index contributed by atoms with van der Waals surface area (Å²) in [6.45, 7) is 2.01. The summed E-state index contributed by atoms with van der Waals surface area (Å²) in [5.74, 6) is 0.760. The Balaban J connectivity index is 2.56. The van der Waals surface area contributed by atoms with Crippen LogP contribution in [-0.2, 0) is 5.60 Å². The summed E-state index contributed by atoms with van der Waals surface area (Å²) in [5.41, 5.74) is 1.40. The third-order valence-corrected chi connectivity index (χ3v) is 3.21. The average molecular weight is 257 g/mol. The summed E-state index contributed by atoms with van der Waals surface area (Å²) in [5, 5.41) is 10.1. The van der Waals surface area contributed by atoms with Crippen LogP contribution in [0.25, 0.3) is 0 Å². The first-order chi connectivity index (χ1) is 6.57. The summed E-state index contributed by atoms with van der Waals surface area (Å²) < 4.78 is 6.20. The molecule has 2 nitrogen and oxygen atoms in total. The third kappa shape index (κ3) is 1.55. The molecule has 0 atom stereocenters. The molecule has 3 heteroatoms. The van der Waals surface area contributed by atoms with Gasteiger partial charge in [0, 0.05) is 5.56 Å². The summed E-state index contributed by atoms with van der Waals surface area (Å²) in [7, 11) is 1.63. The van der Waals surface area contributed by atoms with Crippen LogP contribution in [0, 0.1) is 6.92 Å². The Kier molecular flexibility index (Phi) is 2.32. The zero-order chi connectivity index (χ0) is 10.3. The molecule has 1 aliphatic carbocycles. The lowest BCUT2D eigenvalue weighted by Gasteiger charge is -2.15. The first-order valence-electron chi connectivity index (χ1n) is 4.64. The highest BCUT2D eigenvalue weighted by Crippen LogP contribution is 2.50. The maximum Gasteiger partial charge on any atom is 0.139 e. The normalized spacial score (nSPS) is 18.0. The fraction of sp³-hybridized carbons (Fsp3) is 0.455. The molecular weight excluding hydrogens is 244 g/mol. The number of halogens is 1. The van der Waals surface area contributed by atoms with Gasteiger partial charge in [-0.05, 0) is 53.4 Å². The van der Waals surface area contributed by atoms with Gasteiger partial charge in [0.15, 0.2) is 0 Å². The topological polar surface area (TPSA) is 29.5 Å². The van der Waals surface area contributed by atoms with Crippen molar-refractivity contribution in [2.24, 2.45) is 0 Å². The van der Waals surface area contributed by atoms with Crippen molar-refractivity contribution in [2.45, 2.75) is 25.4 Å². The van der Waals surface area contributed by atoms with E-state index in [0.29, 0.717) is 0 Å². The van der Waals surface area contributed by atoms with E-state index in [4.69, 9.17) is 4.74 Å². The minimum absolute atomic E-state index is 0.639. The standard InChI is InChI=1S/C11H13BrO2/c1-7-5-8(11(13)3-4-11)10(14-2)9(12)6-7/h5-6,13H,3-4H2,1-2H3. The second kappa shape index (κ2) is 3.24. The Morgan fingerprint density at radius 2 is 2.07 bits per heavy atom. The van der Waals surface area contributed by atoms with E-state index in [1.165, 1.54) is 0 Å². The van der Waals surface area contributed by atoms with Gasteiger partial charge in [0.05, 0.1) is 17.2 Å². The van der Waals surface area contributed by atoms with Crippen LogP contribution >= 0.6 is 15.9 Å². The minimum Gasteiger partial charge on any atom is -0.495 e. The molecule has 1 N–H and O–H groups in total. The smallest absolute Gasteiger partial charge is 0.139 e. The van der Waals surface area contributed by atoms with E-state index < -0.39 is 5.60 Å². The van der Waals surface area contributed by atoms with Gasteiger partial charge in [-0.2, -0.15) is 0 Å². The van der Waals surface area contributed by atoms with Crippen molar-refractivity contribution in [2.75, 3.05) is 7.11 Å². The number of hydrogen-bond donors (Lipinski definition) is 1. The van der Waals surface area contributed by atoms with Crippen LogP contribution < -0.4 is 4.74 Å². The molecule has 1 saturated carbocycles. The van der Waals surface area contributed by atoms with Gasteiger partial charge in [-0.1, -0.05) is 0 Å². The number of rotatable bonds is 2. The van der Waals surface area contributed by atoms with Gasteiger partial charge in [0.2, 0.25) is 0 Å². The van der Waals surface area contributed by atoms with Crippen molar-refractivity contribution >= 4 is 15.9 Å². The highest BCUT2D eigenvalue weighted by molar-refractivity contribution is 9.10. The second-order valence-corrected chi connectivity index (χ2v) is 4.71. The van der Waals surface area contributed by atoms with Crippen LogP contribution in [0.15, 0.2) is 16.6 Å². The summed E-state index contributed by atoms with van der Waals surface area (Å²) in [4.78, 5) is 0. The van der Waals surface area contributed by atoms with Crippen molar-refractivity contribution in [1.29, 1.82) is 0 Å². The van der Waals surface area contributed by atoms with E-state index in [0.717, 1.165) is 34.2 Å². The van der Waals surface area contributed by atoms with Gasteiger partial charge in [-0.15, -0.1) is 0 Å². The van der Waals surface area contributed by atoms with E-state index in [9.17, 15) is 5.11 Å². The average Bonchev–Trinajstić information content (AvgIpc) is 2.84. The van der Waals surface area contributed by atoms with Crippen LogP contribution in [0.2, 0.25) is 0 Å². The molecule has 1 aliphatic rings. The SMILES string of the molecule is COc1c(Br)cc(C)cc1C1(O)CC1. The molecule has 0 saturated heterocycles. The molecule has 1 fully saturated rings. The van der Waals surface area contributed by atoms with Crippen LogP contribution in [-0.4, -0.2) is 12.2 Å². The molecule has 1 aromatic carbocycles.